The molecule has 0 spiro atoms. The van der Waals surface area contributed by atoms with Crippen LogP contribution < -0.4 is 19.4 Å². The average molecular weight is 498 g/mol. The lowest BCUT2D eigenvalue weighted by molar-refractivity contribution is -0.0619. The molecule has 0 aliphatic carbocycles. The van der Waals surface area contributed by atoms with Crippen molar-refractivity contribution in [2.45, 2.75) is 51.9 Å². The number of ether oxygens (including phenoxy) is 2. The van der Waals surface area contributed by atoms with Crippen LogP contribution in [0.2, 0.25) is 0 Å². The Morgan fingerprint density at radius 2 is 1.66 bits per heavy atom. The highest BCUT2D eigenvalue weighted by Gasteiger charge is 2.46. The molecule has 0 bridgehead atoms. The Balaban J connectivity index is 1.37. The van der Waals surface area contributed by atoms with Crippen molar-refractivity contribution in [3.63, 3.8) is 0 Å². The van der Waals surface area contributed by atoms with E-state index in [-0.39, 0.29) is 17.5 Å². The number of hydrogen-bond acceptors (Lipinski definition) is 5. The van der Waals surface area contributed by atoms with Crippen LogP contribution in [0.15, 0.2) is 41.5 Å². The molecule has 0 aromatic heterocycles. The standard InChI is InChI=1S/C25H28F5N3O2/c1-4-34-20-13-21(26)23(27)22(14-20)32-11-9-19(10-12-32)35-18-7-5-17(6-8-18)33-16(3)15(2)24(31-33)25(28,29)30/h5-8,13-16,19H,4,9-12H2,1-3H3/t15-,16-/m0/s1. The summed E-state index contributed by atoms with van der Waals surface area (Å²) in [5.41, 5.74) is -0.0540. The lowest BCUT2D eigenvalue weighted by Crippen LogP contribution is -2.38. The highest BCUT2D eigenvalue weighted by molar-refractivity contribution is 5.95. The van der Waals surface area contributed by atoms with Gasteiger partial charge in [0.25, 0.3) is 0 Å². The summed E-state index contributed by atoms with van der Waals surface area (Å²) in [6.45, 7) is 6.32. The lowest BCUT2D eigenvalue weighted by Gasteiger charge is -2.34. The van der Waals surface area contributed by atoms with E-state index >= 15 is 0 Å². The quantitative estimate of drug-likeness (QED) is 0.447. The monoisotopic (exact) mass is 497 g/mol. The number of benzene rings is 2. The second-order valence-electron chi connectivity index (χ2n) is 8.83. The van der Waals surface area contributed by atoms with Gasteiger partial charge in [0.1, 0.15) is 23.3 Å². The van der Waals surface area contributed by atoms with Gasteiger partial charge in [-0.1, -0.05) is 6.92 Å². The topological polar surface area (TPSA) is 37.3 Å². The van der Waals surface area contributed by atoms with E-state index in [1.54, 1.807) is 43.0 Å². The van der Waals surface area contributed by atoms with E-state index in [0.717, 1.165) is 6.07 Å². The molecule has 2 aromatic carbocycles. The Labute approximate surface area is 201 Å². The van der Waals surface area contributed by atoms with Crippen molar-refractivity contribution < 1.29 is 31.4 Å². The Kier molecular flexibility index (Phi) is 7.10. The fourth-order valence-electron chi connectivity index (χ4n) is 4.46. The molecule has 2 aromatic rings. The molecular formula is C25H28F5N3O2. The fourth-order valence-corrected chi connectivity index (χ4v) is 4.46. The maximum atomic E-state index is 14.4. The van der Waals surface area contributed by atoms with Gasteiger partial charge in [-0.3, -0.25) is 5.01 Å². The summed E-state index contributed by atoms with van der Waals surface area (Å²) in [5.74, 6) is -1.71. The number of nitrogens with zero attached hydrogens (tertiary/aromatic N) is 3. The first kappa shape index (κ1) is 25.1. The van der Waals surface area contributed by atoms with Crippen molar-refractivity contribution in [1.82, 2.24) is 0 Å². The first-order valence-corrected chi connectivity index (χ1v) is 11.7. The summed E-state index contributed by atoms with van der Waals surface area (Å²) < 4.78 is 79.3. The van der Waals surface area contributed by atoms with Crippen molar-refractivity contribution in [2.75, 3.05) is 29.6 Å². The zero-order chi connectivity index (χ0) is 25.3. The van der Waals surface area contributed by atoms with E-state index in [2.05, 4.69) is 5.10 Å². The zero-order valence-electron chi connectivity index (χ0n) is 19.8. The number of anilines is 2. The number of hydrogen-bond donors (Lipinski definition) is 0. The summed E-state index contributed by atoms with van der Waals surface area (Å²) in [6, 6.07) is 8.92. The summed E-state index contributed by atoms with van der Waals surface area (Å²) in [7, 11) is 0. The van der Waals surface area contributed by atoms with Gasteiger partial charge in [0.15, 0.2) is 11.6 Å². The molecule has 0 amide bonds. The van der Waals surface area contributed by atoms with Gasteiger partial charge in [0, 0.05) is 44.0 Å². The van der Waals surface area contributed by atoms with Crippen LogP contribution in [0.25, 0.3) is 0 Å². The lowest BCUT2D eigenvalue weighted by atomic mass is 9.98. The van der Waals surface area contributed by atoms with Crippen LogP contribution in [0.5, 0.6) is 11.5 Å². The number of halogens is 5. The maximum absolute atomic E-state index is 14.4. The molecule has 0 saturated carbocycles. The van der Waals surface area contributed by atoms with E-state index in [1.165, 1.54) is 18.0 Å². The van der Waals surface area contributed by atoms with Crippen LogP contribution in [0.3, 0.4) is 0 Å². The first-order chi connectivity index (χ1) is 16.6. The Bertz CT molecular complexity index is 1070. The van der Waals surface area contributed by atoms with Crippen molar-refractivity contribution in [1.29, 1.82) is 0 Å². The molecule has 2 aliphatic heterocycles. The second kappa shape index (κ2) is 9.91. The van der Waals surface area contributed by atoms with E-state index in [0.29, 0.717) is 44.0 Å². The number of hydrazone groups is 1. The van der Waals surface area contributed by atoms with Crippen LogP contribution in [-0.4, -0.2) is 43.7 Å². The molecule has 0 N–H and O–H groups in total. The molecule has 2 heterocycles. The van der Waals surface area contributed by atoms with Crippen LogP contribution in [-0.2, 0) is 0 Å². The van der Waals surface area contributed by atoms with Crippen molar-refractivity contribution in [3.8, 4) is 11.5 Å². The van der Waals surface area contributed by atoms with E-state index in [1.807, 2.05) is 0 Å². The molecule has 2 atom stereocenters. The molecule has 1 fully saturated rings. The number of piperidine rings is 1. The van der Waals surface area contributed by atoms with E-state index < -0.39 is 35.5 Å². The van der Waals surface area contributed by atoms with Crippen LogP contribution in [0.1, 0.15) is 33.6 Å². The zero-order valence-corrected chi connectivity index (χ0v) is 19.8. The molecule has 2 aliphatic rings. The van der Waals surface area contributed by atoms with Gasteiger partial charge in [-0.25, -0.2) is 8.78 Å². The molecule has 1 saturated heterocycles. The minimum Gasteiger partial charge on any atom is -0.494 e. The second-order valence-corrected chi connectivity index (χ2v) is 8.83. The fraction of sp³-hybridized carbons (Fsp3) is 0.480. The van der Waals surface area contributed by atoms with Crippen LogP contribution >= 0.6 is 0 Å². The first-order valence-electron chi connectivity index (χ1n) is 11.7. The maximum Gasteiger partial charge on any atom is 0.431 e. The smallest absolute Gasteiger partial charge is 0.431 e. The van der Waals surface area contributed by atoms with Crippen molar-refractivity contribution in [2.24, 2.45) is 11.0 Å². The summed E-state index contributed by atoms with van der Waals surface area (Å²) in [6.07, 6.45) is -3.39. The third-order valence-corrected chi connectivity index (χ3v) is 6.53. The van der Waals surface area contributed by atoms with Gasteiger partial charge in [-0.15, -0.1) is 0 Å². The summed E-state index contributed by atoms with van der Waals surface area (Å²) in [4.78, 5) is 1.77. The highest BCUT2D eigenvalue weighted by Crippen LogP contribution is 2.36. The molecule has 0 unspecified atom stereocenters. The number of alkyl halides is 3. The number of rotatable bonds is 6. The van der Waals surface area contributed by atoms with Gasteiger partial charge >= 0.3 is 6.18 Å². The Hall–Kier alpha value is -3.04. The van der Waals surface area contributed by atoms with Gasteiger partial charge < -0.3 is 14.4 Å². The normalized spacial score (nSPS) is 21.3. The molecule has 10 heteroatoms. The van der Waals surface area contributed by atoms with Crippen molar-refractivity contribution >= 4 is 17.1 Å². The molecule has 5 nitrogen and oxygen atoms in total. The summed E-state index contributed by atoms with van der Waals surface area (Å²) in [5, 5.41) is 5.21. The largest absolute Gasteiger partial charge is 0.494 e. The average Bonchev–Trinajstić information content (AvgIpc) is 3.12. The van der Waals surface area contributed by atoms with Gasteiger partial charge in [0.2, 0.25) is 0 Å². The molecule has 0 radical (unpaired) electrons. The Morgan fingerprint density at radius 1 is 1.00 bits per heavy atom. The minimum atomic E-state index is -4.46. The third-order valence-electron chi connectivity index (χ3n) is 6.53. The minimum absolute atomic E-state index is 0.124. The van der Waals surface area contributed by atoms with E-state index in [4.69, 9.17) is 9.47 Å². The van der Waals surface area contributed by atoms with E-state index in [9.17, 15) is 22.0 Å². The molecule has 190 valence electrons. The molecular weight excluding hydrogens is 469 g/mol. The van der Waals surface area contributed by atoms with Crippen molar-refractivity contribution in [3.05, 3.63) is 48.0 Å². The van der Waals surface area contributed by atoms with Gasteiger partial charge in [0.05, 0.1) is 24.0 Å². The molecule has 35 heavy (non-hydrogen) atoms. The highest BCUT2D eigenvalue weighted by atomic mass is 19.4. The third kappa shape index (κ3) is 5.31. The SMILES string of the molecule is CCOc1cc(F)c(F)c(N2CCC(Oc3ccc(N4N=C(C(F)(F)F)[C@@H](C)[C@@H]4C)cc3)CC2)c1. The predicted molar refractivity (Wildman–Crippen MR) is 124 cm³/mol. The predicted octanol–water partition coefficient (Wildman–Crippen LogP) is 6.17. The van der Waals surface area contributed by atoms with Crippen LogP contribution in [0.4, 0.5) is 33.3 Å². The van der Waals surface area contributed by atoms with Gasteiger partial charge in [-0.2, -0.15) is 18.3 Å². The van der Waals surface area contributed by atoms with Crippen LogP contribution in [0, 0.1) is 17.6 Å². The summed E-state index contributed by atoms with van der Waals surface area (Å²) >= 11 is 0. The van der Waals surface area contributed by atoms with Gasteiger partial charge in [-0.05, 0) is 38.1 Å². The Morgan fingerprint density at radius 3 is 2.23 bits per heavy atom. The molecule has 4 rings (SSSR count).